The summed E-state index contributed by atoms with van der Waals surface area (Å²) >= 11 is 11.9. The summed E-state index contributed by atoms with van der Waals surface area (Å²) in [5, 5.41) is 13.9. The van der Waals surface area contributed by atoms with E-state index >= 15 is 0 Å². The maximum atomic E-state index is 11.7. The van der Waals surface area contributed by atoms with Crippen LogP contribution in [-0.2, 0) is 4.79 Å². The number of nitrogens with one attached hydrogen (secondary N) is 1. The van der Waals surface area contributed by atoms with E-state index in [0.29, 0.717) is 22.2 Å². The number of aliphatic hydroxyl groups is 1. The maximum absolute atomic E-state index is 11.7. The number of hydrogen-bond acceptors (Lipinski definition) is 2. The lowest BCUT2D eigenvalue weighted by Crippen LogP contribution is -2.40. The Morgan fingerprint density at radius 2 is 2.05 bits per heavy atom. The fourth-order valence-electron chi connectivity index (χ4n) is 2.33. The van der Waals surface area contributed by atoms with Gasteiger partial charge in [-0.1, -0.05) is 36.0 Å². The molecule has 20 heavy (non-hydrogen) atoms. The highest BCUT2D eigenvalue weighted by Crippen LogP contribution is 2.28. The summed E-state index contributed by atoms with van der Waals surface area (Å²) in [4.78, 5) is 11.7. The minimum atomic E-state index is -0.739. The van der Waals surface area contributed by atoms with Crippen molar-refractivity contribution in [2.75, 3.05) is 6.54 Å². The maximum Gasteiger partial charge on any atom is 0.244 e. The summed E-state index contributed by atoms with van der Waals surface area (Å²) in [5.74, 6) is -0.249. The second kappa shape index (κ2) is 6.61. The third-order valence-electron chi connectivity index (χ3n) is 3.50. The van der Waals surface area contributed by atoms with E-state index in [1.54, 1.807) is 24.3 Å². The normalized spacial score (nSPS) is 17.6. The molecule has 0 aromatic heterocycles. The molecule has 5 heteroatoms. The van der Waals surface area contributed by atoms with Crippen LogP contribution in [0.1, 0.15) is 31.2 Å². The van der Waals surface area contributed by atoms with Gasteiger partial charge in [0, 0.05) is 22.7 Å². The Balaban J connectivity index is 1.90. The first-order chi connectivity index (χ1) is 9.48. The average Bonchev–Trinajstić information content (AvgIpc) is 2.85. The fraction of sp³-hybridized carbons (Fsp3) is 0.400. The van der Waals surface area contributed by atoms with Gasteiger partial charge in [-0.2, -0.15) is 0 Å². The zero-order chi connectivity index (χ0) is 14.6. The van der Waals surface area contributed by atoms with Crippen molar-refractivity contribution in [3.63, 3.8) is 0 Å². The molecule has 1 amide bonds. The van der Waals surface area contributed by atoms with Gasteiger partial charge in [0.1, 0.15) is 0 Å². The number of carbonyl (C=O) groups is 1. The molecular weight excluding hydrogens is 297 g/mol. The molecule has 2 rings (SSSR count). The van der Waals surface area contributed by atoms with E-state index < -0.39 is 5.60 Å². The third-order valence-corrected chi connectivity index (χ3v) is 4.08. The van der Waals surface area contributed by atoms with Crippen molar-refractivity contribution in [3.8, 4) is 0 Å². The molecule has 0 unspecified atom stereocenters. The van der Waals surface area contributed by atoms with Gasteiger partial charge in [-0.05, 0) is 42.7 Å². The topological polar surface area (TPSA) is 49.3 Å². The molecule has 0 atom stereocenters. The number of carbonyl (C=O) groups excluding carboxylic acids is 1. The van der Waals surface area contributed by atoms with Gasteiger partial charge >= 0.3 is 0 Å². The van der Waals surface area contributed by atoms with Crippen LogP contribution in [0.15, 0.2) is 24.3 Å². The molecule has 0 radical (unpaired) electrons. The van der Waals surface area contributed by atoms with Crippen molar-refractivity contribution < 1.29 is 9.90 Å². The lowest BCUT2D eigenvalue weighted by molar-refractivity contribution is -0.117. The molecule has 1 aliphatic carbocycles. The highest BCUT2D eigenvalue weighted by atomic mass is 35.5. The Hall–Kier alpha value is -1.03. The molecule has 1 fully saturated rings. The van der Waals surface area contributed by atoms with E-state index in [4.69, 9.17) is 23.2 Å². The zero-order valence-electron chi connectivity index (χ0n) is 11.0. The number of amides is 1. The van der Waals surface area contributed by atoms with Crippen LogP contribution in [0, 0.1) is 0 Å². The molecule has 0 bridgehead atoms. The molecule has 1 saturated carbocycles. The Morgan fingerprint density at radius 3 is 2.75 bits per heavy atom. The van der Waals surface area contributed by atoms with Gasteiger partial charge < -0.3 is 10.4 Å². The number of halogens is 2. The number of rotatable bonds is 4. The van der Waals surface area contributed by atoms with Crippen LogP contribution in [0.4, 0.5) is 0 Å². The summed E-state index contributed by atoms with van der Waals surface area (Å²) in [6.45, 7) is 0.291. The van der Waals surface area contributed by atoms with Crippen LogP contribution in [0.2, 0.25) is 10.0 Å². The highest BCUT2D eigenvalue weighted by Gasteiger charge is 2.30. The van der Waals surface area contributed by atoms with Crippen LogP contribution < -0.4 is 5.32 Å². The van der Waals surface area contributed by atoms with Crippen molar-refractivity contribution >= 4 is 35.2 Å². The Bertz CT molecular complexity index is 523. The summed E-state index contributed by atoms with van der Waals surface area (Å²) in [7, 11) is 0. The van der Waals surface area contributed by atoms with Crippen LogP contribution in [-0.4, -0.2) is 23.2 Å². The number of hydrogen-bond donors (Lipinski definition) is 2. The molecule has 2 N–H and O–H groups in total. The largest absolute Gasteiger partial charge is 0.388 e. The summed E-state index contributed by atoms with van der Waals surface area (Å²) in [6, 6.07) is 5.07. The quantitative estimate of drug-likeness (QED) is 0.837. The summed E-state index contributed by atoms with van der Waals surface area (Å²) in [6.07, 6.45) is 6.53. The first-order valence-electron chi connectivity index (χ1n) is 6.62. The van der Waals surface area contributed by atoms with Crippen LogP contribution in [0.5, 0.6) is 0 Å². The standard InChI is InChI=1S/C15H17Cl2NO2/c16-12-4-5-13(17)11(9-12)3-6-14(19)18-10-15(20)7-1-2-8-15/h3-6,9,20H,1-2,7-8,10H2,(H,18,19). The lowest BCUT2D eigenvalue weighted by atomic mass is 10.0. The van der Waals surface area contributed by atoms with Gasteiger partial charge in [0.2, 0.25) is 5.91 Å². The second-order valence-corrected chi connectivity index (χ2v) is 5.99. The summed E-state index contributed by atoms with van der Waals surface area (Å²) < 4.78 is 0. The van der Waals surface area contributed by atoms with Crippen LogP contribution in [0.3, 0.4) is 0 Å². The molecule has 0 heterocycles. The first kappa shape index (κ1) is 15.4. The molecule has 1 aromatic rings. The molecule has 108 valence electrons. The molecule has 0 aliphatic heterocycles. The molecule has 0 saturated heterocycles. The second-order valence-electron chi connectivity index (χ2n) is 5.15. The van der Waals surface area contributed by atoms with Crippen molar-refractivity contribution in [2.45, 2.75) is 31.3 Å². The van der Waals surface area contributed by atoms with Gasteiger partial charge in [0.15, 0.2) is 0 Å². The van der Waals surface area contributed by atoms with Gasteiger partial charge in [-0.15, -0.1) is 0 Å². The van der Waals surface area contributed by atoms with Crippen LogP contribution >= 0.6 is 23.2 Å². The SMILES string of the molecule is O=C(C=Cc1cc(Cl)ccc1Cl)NCC1(O)CCCC1. The zero-order valence-corrected chi connectivity index (χ0v) is 12.5. The molecule has 1 aromatic carbocycles. The van der Waals surface area contributed by atoms with Crippen molar-refractivity contribution in [2.24, 2.45) is 0 Å². The van der Waals surface area contributed by atoms with E-state index in [1.165, 1.54) is 6.08 Å². The monoisotopic (exact) mass is 313 g/mol. The van der Waals surface area contributed by atoms with Crippen LogP contribution in [0.25, 0.3) is 6.08 Å². The Morgan fingerprint density at radius 1 is 1.35 bits per heavy atom. The lowest BCUT2D eigenvalue weighted by Gasteiger charge is -2.21. The van der Waals surface area contributed by atoms with Gasteiger partial charge in [0.25, 0.3) is 0 Å². The number of benzene rings is 1. The first-order valence-corrected chi connectivity index (χ1v) is 7.37. The molecular formula is C15H17Cl2NO2. The van der Waals surface area contributed by atoms with E-state index in [-0.39, 0.29) is 5.91 Å². The van der Waals surface area contributed by atoms with E-state index in [2.05, 4.69) is 5.32 Å². The van der Waals surface area contributed by atoms with Crippen molar-refractivity contribution in [3.05, 3.63) is 39.9 Å². The molecule has 0 spiro atoms. The minimum Gasteiger partial charge on any atom is -0.388 e. The fourth-order valence-corrected chi connectivity index (χ4v) is 2.69. The average molecular weight is 314 g/mol. The predicted octanol–water partition coefficient (Wildman–Crippen LogP) is 3.43. The Kier molecular flexibility index (Phi) is 5.08. The molecule has 3 nitrogen and oxygen atoms in total. The van der Waals surface area contributed by atoms with Gasteiger partial charge in [0.05, 0.1) is 5.60 Å². The van der Waals surface area contributed by atoms with Crippen molar-refractivity contribution in [1.29, 1.82) is 0 Å². The van der Waals surface area contributed by atoms with Crippen molar-refractivity contribution in [1.82, 2.24) is 5.32 Å². The third kappa shape index (κ3) is 4.23. The summed E-state index contributed by atoms with van der Waals surface area (Å²) in [5.41, 5.74) is -0.0501. The minimum absolute atomic E-state index is 0.249. The van der Waals surface area contributed by atoms with E-state index in [9.17, 15) is 9.90 Å². The predicted molar refractivity (Wildman–Crippen MR) is 81.9 cm³/mol. The highest BCUT2D eigenvalue weighted by molar-refractivity contribution is 6.34. The van der Waals surface area contributed by atoms with E-state index in [1.807, 2.05) is 0 Å². The van der Waals surface area contributed by atoms with Gasteiger partial charge in [-0.25, -0.2) is 0 Å². The Labute approximate surface area is 128 Å². The van der Waals surface area contributed by atoms with Gasteiger partial charge in [-0.3, -0.25) is 4.79 Å². The van der Waals surface area contributed by atoms with E-state index in [0.717, 1.165) is 25.7 Å². The smallest absolute Gasteiger partial charge is 0.244 e. The molecule has 1 aliphatic rings.